The zero-order chi connectivity index (χ0) is 13.7. The molecule has 1 amide bonds. The predicted octanol–water partition coefficient (Wildman–Crippen LogP) is 3.32. The summed E-state index contributed by atoms with van der Waals surface area (Å²) >= 11 is 6.95. The van der Waals surface area contributed by atoms with Crippen molar-refractivity contribution in [2.24, 2.45) is 0 Å². The van der Waals surface area contributed by atoms with Crippen molar-refractivity contribution in [1.29, 1.82) is 0 Å². The van der Waals surface area contributed by atoms with Crippen molar-refractivity contribution < 1.29 is 9.18 Å². The first-order chi connectivity index (χ1) is 9.15. The highest BCUT2D eigenvalue weighted by molar-refractivity contribution is 7.17. The molecule has 1 aromatic heterocycles. The number of hydrogen-bond acceptors (Lipinski definition) is 2. The molecule has 2 aromatic rings. The first-order valence-corrected chi connectivity index (χ1v) is 6.62. The molecule has 0 aliphatic carbocycles. The second-order valence-electron chi connectivity index (χ2n) is 3.60. The summed E-state index contributed by atoms with van der Waals surface area (Å²) in [6.07, 6.45) is 0. The monoisotopic (exact) mass is 293 g/mol. The van der Waals surface area contributed by atoms with Gasteiger partial charge in [0.15, 0.2) is 0 Å². The van der Waals surface area contributed by atoms with E-state index < -0.39 is 0 Å². The SMILES string of the molecule is O=C(NCC#Cc1ccc(F)cc1)c1ccc(Cl)s1. The van der Waals surface area contributed by atoms with Gasteiger partial charge in [0.2, 0.25) is 0 Å². The number of thiophene rings is 1. The lowest BCUT2D eigenvalue weighted by Crippen LogP contribution is -2.22. The Bertz CT molecular complexity index is 639. The molecule has 0 spiro atoms. The van der Waals surface area contributed by atoms with E-state index in [1.807, 2.05) is 0 Å². The van der Waals surface area contributed by atoms with Crippen molar-refractivity contribution >= 4 is 28.8 Å². The zero-order valence-corrected chi connectivity index (χ0v) is 11.3. The molecule has 0 atom stereocenters. The van der Waals surface area contributed by atoms with Crippen LogP contribution in [0.15, 0.2) is 36.4 Å². The van der Waals surface area contributed by atoms with Gasteiger partial charge in [-0.05, 0) is 36.4 Å². The van der Waals surface area contributed by atoms with Gasteiger partial charge >= 0.3 is 0 Å². The van der Waals surface area contributed by atoms with Gasteiger partial charge in [0.05, 0.1) is 15.8 Å². The van der Waals surface area contributed by atoms with E-state index in [0.29, 0.717) is 14.8 Å². The number of nitrogens with one attached hydrogen (secondary N) is 1. The molecule has 0 fully saturated rings. The van der Waals surface area contributed by atoms with Crippen molar-refractivity contribution in [2.45, 2.75) is 0 Å². The van der Waals surface area contributed by atoms with E-state index in [1.54, 1.807) is 24.3 Å². The molecule has 1 heterocycles. The molecule has 0 aliphatic heterocycles. The van der Waals surface area contributed by atoms with Gasteiger partial charge in [0, 0.05) is 5.56 Å². The van der Waals surface area contributed by atoms with Crippen LogP contribution in [0.5, 0.6) is 0 Å². The summed E-state index contributed by atoms with van der Waals surface area (Å²) in [6.45, 7) is 0.228. The maximum atomic E-state index is 12.7. The highest BCUT2D eigenvalue weighted by Crippen LogP contribution is 2.20. The van der Waals surface area contributed by atoms with Crippen molar-refractivity contribution in [1.82, 2.24) is 5.32 Å². The van der Waals surface area contributed by atoms with Crippen LogP contribution in [-0.2, 0) is 0 Å². The summed E-state index contributed by atoms with van der Waals surface area (Å²) in [4.78, 5) is 12.2. The Morgan fingerprint density at radius 1 is 1.26 bits per heavy atom. The van der Waals surface area contributed by atoms with Gasteiger partial charge in [-0.2, -0.15) is 0 Å². The minimum Gasteiger partial charge on any atom is -0.340 e. The minimum atomic E-state index is -0.298. The van der Waals surface area contributed by atoms with Crippen LogP contribution in [0.2, 0.25) is 4.34 Å². The lowest BCUT2D eigenvalue weighted by molar-refractivity contribution is 0.0962. The molecule has 0 unspecified atom stereocenters. The lowest BCUT2D eigenvalue weighted by Gasteiger charge is -1.96. The van der Waals surface area contributed by atoms with E-state index >= 15 is 0 Å². The van der Waals surface area contributed by atoms with Gasteiger partial charge in [0.1, 0.15) is 5.82 Å². The number of hydrogen-bond donors (Lipinski definition) is 1. The van der Waals surface area contributed by atoms with Gasteiger partial charge in [-0.25, -0.2) is 4.39 Å². The van der Waals surface area contributed by atoms with E-state index in [4.69, 9.17) is 11.6 Å². The fourth-order valence-electron chi connectivity index (χ4n) is 1.33. The Kier molecular flexibility index (Phi) is 4.56. The Labute approximate surface area is 119 Å². The average Bonchev–Trinajstić information content (AvgIpc) is 2.83. The van der Waals surface area contributed by atoms with Crippen LogP contribution < -0.4 is 5.32 Å². The van der Waals surface area contributed by atoms with Crippen LogP contribution in [0.3, 0.4) is 0 Å². The van der Waals surface area contributed by atoms with Gasteiger partial charge in [-0.15, -0.1) is 11.3 Å². The van der Waals surface area contributed by atoms with Crippen molar-refractivity contribution in [3.63, 3.8) is 0 Å². The summed E-state index contributed by atoms with van der Waals surface area (Å²) < 4.78 is 13.2. The van der Waals surface area contributed by atoms with E-state index in [9.17, 15) is 9.18 Å². The van der Waals surface area contributed by atoms with Crippen LogP contribution in [-0.4, -0.2) is 12.5 Å². The second kappa shape index (κ2) is 6.37. The molecule has 5 heteroatoms. The third-order valence-corrected chi connectivity index (χ3v) is 3.44. The smallest absolute Gasteiger partial charge is 0.262 e. The van der Waals surface area contributed by atoms with Gasteiger partial charge in [-0.3, -0.25) is 4.79 Å². The topological polar surface area (TPSA) is 29.1 Å². The van der Waals surface area contributed by atoms with Crippen molar-refractivity contribution in [3.8, 4) is 11.8 Å². The molecule has 96 valence electrons. The van der Waals surface area contributed by atoms with Crippen LogP contribution >= 0.6 is 22.9 Å². The van der Waals surface area contributed by atoms with Crippen LogP contribution in [0.1, 0.15) is 15.2 Å². The zero-order valence-electron chi connectivity index (χ0n) is 9.74. The van der Waals surface area contributed by atoms with Crippen molar-refractivity contribution in [2.75, 3.05) is 6.54 Å². The molecule has 0 aliphatic rings. The molecular weight excluding hydrogens is 285 g/mol. The lowest BCUT2D eigenvalue weighted by atomic mass is 10.2. The van der Waals surface area contributed by atoms with Gasteiger partial charge in [-0.1, -0.05) is 23.4 Å². The molecule has 0 radical (unpaired) electrons. The molecule has 1 aromatic carbocycles. The number of rotatable bonds is 2. The molecular formula is C14H9ClFNOS. The number of halogens is 2. The van der Waals surface area contributed by atoms with E-state index in [-0.39, 0.29) is 18.3 Å². The molecule has 1 N–H and O–H groups in total. The molecule has 2 nitrogen and oxygen atoms in total. The minimum absolute atomic E-state index is 0.203. The van der Waals surface area contributed by atoms with E-state index in [0.717, 1.165) is 0 Å². The number of carbonyl (C=O) groups excluding carboxylic acids is 1. The fraction of sp³-hybridized carbons (Fsp3) is 0.0714. The Morgan fingerprint density at radius 3 is 2.63 bits per heavy atom. The Morgan fingerprint density at radius 2 is 2.00 bits per heavy atom. The average molecular weight is 294 g/mol. The maximum Gasteiger partial charge on any atom is 0.262 e. The van der Waals surface area contributed by atoms with E-state index in [2.05, 4.69) is 17.2 Å². The second-order valence-corrected chi connectivity index (χ2v) is 5.31. The number of amides is 1. The molecule has 2 rings (SSSR count). The quantitative estimate of drug-likeness (QED) is 0.846. The van der Waals surface area contributed by atoms with Crippen LogP contribution in [0, 0.1) is 17.7 Å². The third kappa shape index (κ3) is 4.09. The highest BCUT2D eigenvalue weighted by Gasteiger charge is 2.06. The predicted molar refractivity (Wildman–Crippen MR) is 74.9 cm³/mol. The molecule has 0 saturated carbocycles. The summed E-state index contributed by atoms with van der Waals surface area (Å²) in [5.41, 5.74) is 0.704. The van der Waals surface area contributed by atoms with Gasteiger partial charge in [0.25, 0.3) is 5.91 Å². The third-order valence-electron chi connectivity index (χ3n) is 2.21. The largest absolute Gasteiger partial charge is 0.340 e. The normalized spacial score (nSPS) is 9.58. The molecule has 0 bridgehead atoms. The number of benzene rings is 1. The summed E-state index contributed by atoms with van der Waals surface area (Å²) in [5, 5.41) is 2.66. The first-order valence-electron chi connectivity index (χ1n) is 5.43. The Hall–Kier alpha value is -1.83. The summed E-state index contributed by atoms with van der Waals surface area (Å²) in [7, 11) is 0. The molecule has 0 saturated heterocycles. The standard InChI is InChI=1S/C14H9ClFNOS/c15-13-8-7-12(19-13)14(18)17-9-1-2-10-3-5-11(16)6-4-10/h3-8H,9H2,(H,17,18). The summed E-state index contributed by atoms with van der Waals surface area (Å²) in [6, 6.07) is 9.19. The number of carbonyl (C=O) groups is 1. The maximum absolute atomic E-state index is 12.7. The van der Waals surface area contributed by atoms with Crippen molar-refractivity contribution in [3.05, 3.63) is 57.0 Å². The van der Waals surface area contributed by atoms with Gasteiger partial charge < -0.3 is 5.32 Å². The van der Waals surface area contributed by atoms with Crippen LogP contribution in [0.4, 0.5) is 4.39 Å². The first kappa shape index (κ1) is 13.6. The summed E-state index contributed by atoms with van der Waals surface area (Å²) in [5.74, 6) is 5.12. The van der Waals surface area contributed by atoms with Crippen LogP contribution in [0.25, 0.3) is 0 Å². The van der Waals surface area contributed by atoms with E-state index in [1.165, 1.54) is 23.5 Å². The molecule has 19 heavy (non-hydrogen) atoms. The highest BCUT2D eigenvalue weighted by atomic mass is 35.5. The Balaban J connectivity index is 1.87. The fourth-order valence-corrected chi connectivity index (χ4v) is 2.29.